The van der Waals surface area contributed by atoms with E-state index in [2.05, 4.69) is 6.92 Å². The molecule has 1 aliphatic heterocycles. The molecule has 0 radical (unpaired) electrons. The van der Waals surface area contributed by atoms with Crippen LogP contribution in [0.3, 0.4) is 0 Å². The highest BCUT2D eigenvalue weighted by Crippen LogP contribution is 2.42. The van der Waals surface area contributed by atoms with Gasteiger partial charge in [0.15, 0.2) is 11.5 Å². The molecular weight excluding hydrogens is 330 g/mol. The zero-order chi connectivity index (χ0) is 19.0. The Balaban J connectivity index is 2.13. The van der Waals surface area contributed by atoms with E-state index in [1.165, 1.54) is 4.90 Å². The molecule has 26 heavy (non-hydrogen) atoms. The van der Waals surface area contributed by atoms with E-state index in [9.17, 15) is 14.7 Å². The maximum Gasteiger partial charge on any atom is 0.294 e. The van der Waals surface area contributed by atoms with Gasteiger partial charge in [-0.25, -0.2) is 0 Å². The summed E-state index contributed by atoms with van der Waals surface area (Å²) in [6.45, 7) is 7.35. The molecule has 0 spiro atoms. The van der Waals surface area contributed by atoms with Crippen molar-refractivity contribution in [3.63, 3.8) is 0 Å². The van der Waals surface area contributed by atoms with Crippen molar-refractivity contribution in [2.75, 3.05) is 4.90 Å². The molecule has 3 rings (SSSR count). The number of rotatable bonds is 5. The average Bonchev–Trinajstić information content (AvgIpc) is 3.16. The van der Waals surface area contributed by atoms with Gasteiger partial charge in [-0.15, -0.1) is 0 Å². The van der Waals surface area contributed by atoms with Crippen molar-refractivity contribution in [1.29, 1.82) is 0 Å². The van der Waals surface area contributed by atoms with Crippen LogP contribution in [0, 0.1) is 12.8 Å². The summed E-state index contributed by atoms with van der Waals surface area (Å²) in [6.07, 6.45) is 0.885. The number of ketones is 1. The van der Waals surface area contributed by atoms with Crippen molar-refractivity contribution in [3.05, 3.63) is 64.8 Å². The highest BCUT2D eigenvalue weighted by molar-refractivity contribution is 6.16. The SMILES string of the molecule is CCc1ccc(N2C(=O)C(O)=C(C(=O)C(C)C)C2c2ccc(C)o2)cc1. The van der Waals surface area contributed by atoms with Gasteiger partial charge in [0.25, 0.3) is 5.91 Å². The maximum atomic E-state index is 12.8. The van der Waals surface area contributed by atoms with Crippen LogP contribution in [0.1, 0.15) is 43.9 Å². The highest BCUT2D eigenvalue weighted by Gasteiger charge is 2.46. The van der Waals surface area contributed by atoms with Crippen LogP contribution >= 0.6 is 0 Å². The van der Waals surface area contributed by atoms with Gasteiger partial charge in [-0.2, -0.15) is 0 Å². The topological polar surface area (TPSA) is 70.8 Å². The second-order valence-corrected chi connectivity index (χ2v) is 6.83. The normalized spacial score (nSPS) is 17.5. The molecule has 2 aromatic rings. The van der Waals surface area contributed by atoms with Gasteiger partial charge in [0.2, 0.25) is 0 Å². The Labute approximate surface area is 152 Å². The fraction of sp³-hybridized carbons (Fsp3) is 0.333. The number of nitrogens with zero attached hydrogens (tertiary/aromatic N) is 1. The van der Waals surface area contributed by atoms with Crippen LogP contribution in [0.25, 0.3) is 0 Å². The lowest BCUT2D eigenvalue weighted by atomic mass is 9.94. The van der Waals surface area contributed by atoms with Crippen LogP contribution in [-0.4, -0.2) is 16.8 Å². The van der Waals surface area contributed by atoms with Gasteiger partial charge in [-0.05, 0) is 43.2 Å². The van der Waals surface area contributed by atoms with E-state index in [0.29, 0.717) is 17.2 Å². The number of furan rings is 1. The Bertz CT molecular complexity index is 874. The molecule has 1 N–H and O–H groups in total. The lowest BCUT2D eigenvalue weighted by molar-refractivity contribution is -0.119. The summed E-state index contributed by atoms with van der Waals surface area (Å²) in [5.74, 6) is -0.553. The summed E-state index contributed by atoms with van der Waals surface area (Å²) in [7, 11) is 0. The van der Waals surface area contributed by atoms with E-state index >= 15 is 0 Å². The number of Topliss-reactive ketones (excluding diaryl/α,β-unsaturated/α-hetero) is 1. The highest BCUT2D eigenvalue weighted by atomic mass is 16.3. The largest absolute Gasteiger partial charge is 0.503 e. The van der Waals surface area contributed by atoms with E-state index in [1.54, 1.807) is 32.9 Å². The number of aliphatic hydroxyl groups excluding tert-OH is 1. The van der Waals surface area contributed by atoms with Crippen molar-refractivity contribution in [2.24, 2.45) is 5.92 Å². The lowest BCUT2D eigenvalue weighted by Crippen LogP contribution is -2.31. The lowest BCUT2D eigenvalue weighted by Gasteiger charge is -2.25. The van der Waals surface area contributed by atoms with Crippen molar-refractivity contribution >= 4 is 17.4 Å². The third kappa shape index (κ3) is 2.94. The van der Waals surface area contributed by atoms with Crippen molar-refractivity contribution in [2.45, 2.75) is 40.2 Å². The number of aliphatic hydroxyl groups is 1. The molecule has 5 heteroatoms. The minimum atomic E-state index is -0.765. The Kier molecular flexibility index (Phi) is 4.72. The number of anilines is 1. The number of hydrogen-bond donors (Lipinski definition) is 1. The van der Waals surface area contributed by atoms with E-state index in [1.807, 2.05) is 24.3 Å². The van der Waals surface area contributed by atoms with Crippen LogP contribution in [0.15, 0.2) is 52.1 Å². The van der Waals surface area contributed by atoms with Gasteiger partial charge in [-0.3, -0.25) is 14.5 Å². The zero-order valence-electron chi connectivity index (χ0n) is 15.4. The first kappa shape index (κ1) is 18.0. The van der Waals surface area contributed by atoms with Crippen molar-refractivity contribution in [3.8, 4) is 0 Å². The average molecular weight is 353 g/mol. The molecular formula is C21H23NO4. The summed E-state index contributed by atoms with van der Waals surface area (Å²) < 4.78 is 5.73. The summed E-state index contributed by atoms with van der Waals surface area (Å²) in [5, 5.41) is 10.5. The molecule has 5 nitrogen and oxygen atoms in total. The van der Waals surface area contributed by atoms with Gasteiger partial charge < -0.3 is 9.52 Å². The number of carbonyl (C=O) groups is 2. The van der Waals surface area contributed by atoms with E-state index in [-0.39, 0.29) is 17.3 Å². The molecule has 1 atom stereocenters. The standard InChI is InChI=1S/C21H23NO4/c1-5-14-7-9-15(10-8-14)22-18(16-11-6-13(4)26-16)17(19(23)12(2)3)20(24)21(22)25/h6-12,18,24H,5H2,1-4H3. The van der Waals surface area contributed by atoms with Gasteiger partial charge >= 0.3 is 0 Å². The summed E-state index contributed by atoms with van der Waals surface area (Å²) in [5.41, 5.74) is 1.85. The van der Waals surface area contributed by atoms with Gasteiger partial charge in [-0.1, -0.05) is 32.9 Å². The van der Waals surface area contributed by atoms with Gasteiger partial charge in [0.1, 0.15) is 17.6 Å². The monoisotopic (exact) mass is 353 g/mol. The molecule has 1 aliphatic rings. The molecule has 0 aliphatic carbocycles. The molecule has 0 bridgehead atoms. The Morgan fingerprint density at radius 2 is 1.85 bits per heavy atom. The third-order valence-corrected chi connectivity index (χ3v) is 4.65. The zero-order valence-corrected chi connectivity index (χ0v) is 15.4. The summed E-state index contributed by atoms with van der Waals surface area (Å²) in [6, 6.07) is 10.3. The predicted molar refractivity (Wildman–Crippen MR) is 99.0 cm³/mol. The molecule has 1 unspecified atom stereocenters. The van der Waals surface area contributed by atoms with Crippen molar-refractivity contribution in [1.82, 2.24) is 0 Å². The first-order valence-electron chi connectivity index (χ1n) is 8.81. The van der Waals surface area contributed by atoms with Crippen LogP contribution in [0.2, 0.25) is 0 Å². The first-order valence-corrected chi connectivity index (χ1v) is 8.81. The fourth-order valence-corrected chi connectivity index (χ4v) is 3.20. The van der Waals surface area contributed by atoms with E-state index in [0.717, 1.165) is 12.0 Å². The minimum Gasteiger partial charge on any atom is -0.503 e. The molecule has 2 heterocycles. The number of aryl methyl sites for hydroxylation is 2. The van der Waals surface area contributed by atoms with Crippen LogP contribution < -0.4 is 4.90 Å². The second kappa shape index (κ2) is 6.83. The van der Waals surface area contributed by atoms with Gasteiger partial charge in [0, 0.05) is 11.6 Å². The molecule has 1 amide bonds. The fourth-order valence-electron chi connectivity index (χ4n) is 3.20. The Morgan fingerprint density at radius 3 is 2.35 bits per heavy atom. The first-order chi connectivity index (χ1) is 12.3. The summed E-state index contributed by atoms with van der Waals surface area (Å²) >= 11 is 0. The number of hydrogen-bond acceptors (Lipinski definition) is 4. The van der Waals surface area contributed by atoms with E-state index < -0.39 is 17.7 Å². The molecule has 1 aromatic carbocycles. The van der Waals surface area contributed by atoms with E-state index in [4.69, 9.17) is 4.42 Å². The number of amides is 1. The van der Waals surface area contributed by atoms with Crippen LogP contribution in [0.5, 0.6) is 0 Å². The third-order valence-electron chi connectivity index (χ3n) is 4.65. The molecule has 0 fully saturated rings. The molecule has 0 saturated carbocycles. The number of benzene rings is 1. The minimum absolute atomic E-state index is 0.0962. The smallest absolute Gasteiger partial charge is 0.294 e. The van der Waals surface area contributed by atoms with Crippen molar-refractivity contribution < 1.29 is 19.1 Å². The molecule has 136 valence electrons. The second-order valence-electron chi connectivity index (χ2n) is 6.83. The van der Waals surface area contributed by atoms with Crippen LogP contribution in [-0.2, 0) is 16.0 Å². The number of carbonyl (C=O) groups excluding carboxylic acids is 2. The quantitative estimate of drug-likeness (QED) is 0.871. The van der Waals surface area contributed by atoms with Crippen LogP contribution in [0.4, 0.5) is 5.69 Å². The maximum absolute atomic E-state index is 12.8. The molecule has 0 saturated heterocycles. The summed E-state index contributed by atoms with van der Waals surface area (Å²) in [4.78, 5) is 27.0. The molecule has 1 aromatic heterocycles. The Morgan fingerprint density at radius 1 is 1.19 bits per heavy atom. The Hall–Kier alpha value is -2.82. The van der Waals surface area contributed by atoms with Gasteiger partial charge in [0.05, 0.1) is 5.57 Å². The predicted octanol–water partition coefficient (Wildman–Crippen LogP) is 4.28.